The maximum atomic E-state index is 13.5. The van der Waals surface area contributed by atoms with Crippen molar-refractivity contribution in [3.8, 4) is 16.9 Å². The van der Waals surface area contributed by atoms with E-state index in [2.05, 4.69) is 57.6 Å². The third-order valence-corrected chi connectivity index (χ3v) is 7.14. The summed E-state index contributed by atoms with van der Waals surface area (Å²) in [6.07, 6.45) is 1.74. The fourth-order valence-corrected chi connectivity index (χ4v) is 4.94. The molecule has 0 atom stereocenters. The van der Waals surface area contributed by atoms with Gasteiger partial charge in [0.2, 0.25) is 0 Å². The van der Waals surface area contributed by atoms with Crippen molar-refractivity contribution >= 4 is 27.7 Å². The van der Waals surface area contributed by atoms with Crippen LogP contribution in [0.15, 0.2) is 85.1 Å². The van der Waals surface area contributed by atoms with Crippen molar-refractivity contribution in [2.75, 3.05) is 46.3 Å². The summed E-state index contributed by atoms with van der Waals surface area (Å²) in [7, 11) is 2.15. The van der Waals surface area contributed by atoms with E-state index in [1.54, 1.807) is 10.9 Å². The van der Waals surface area contributed by atoms with E-state index >= 15 is 0 Å². The van der Waals surface area contributed by atoms with Gasteiger partial charge in [-0.1, -0.05) is 54.6 Å². The lowest BCUT2D eigenvalue weighted by molar-refractivity contribution is 0.0942. The van der Waals surface area contributed by atoms with Crippen LogP contribution in [0.4, 0.5) is 0 Å². The van der Waals surface area contributed by atoms with Crippen LogP contribution < -0.4 is 5.32 Å². The van der Waals surface area contributed by atoms with Crippen LogP contribution in [0.5, 0.6) is 0 Å². The van der Waals surface area contributed by atoms with Gasteiger partial charge in [-0.3, -0.25) is 9.69 Å². The van der Waals surface area contributed by atoms with Gasteiger partial charge >= 0.3 is 0 Å². The zero-order valence-corrected chi connectivity index (χ0v) is 21.0. The number of fused-ring (bicyclic) bond motifs is 2. The lowest BCUT2D eigenvalue weighted by Gasteiger charge is -2.32. The second kappa shape index (κ2) is 10.1. The van der Waals surface area contributed by atoms with Gasteiger partial charge in [0, 0.05) is 44.8 Å². The van der Waals surface area contributed by atoms with Crippen molar-refractivity contribution in [1.82, 2.24) is 29.9 Å². The molecule has 7 nitrogen and oxygen atoms in total. The van der Waals surface area contributed by atoms with Gasteiger partial charge in [0.05, 0.1) is 28.5 Å². The highest BCUT2D eigenvalue weighted by molar-refractivity contribution is 6.07. The number of para-hydroxylation sites is 1. The number of likely N-dealkylation sites (N-methyl/N-ethyl adjacent to an activating group) is 1. The third kappa shape index (κ3) is 4.83. The van der Waals surface area contributed by atoms with Gasteiger partial charge < -0.3 is 10.2 Å². The van der Waals surface area contributed by atoms with E-state index in [0.717, 1.165) is 60.4 Å². The fraction of sp³-hybridized carbons (Fsp3) is 0.233. The summed E-state index contributed by atoms with van der Waals surface area (Å²) in [5.41, 5.74) is 3.88. The van der Waals surface area contributed by atoms with Crippen LogP contribution in [0.2, 0.25) is 0 Å². The lowest BCUT2D eigenvalue weighted by Crippen LogP contribution is -2.46. The quantitative estimate of drug-likeness (QED) is 0.386. The first kappa shape index (κ1) is 23.3. The summed E-state index contributed by atoms with van der Waals surface area (Å²) in [5.74, 6) is -0.101. The molecule has 1 fully saturated rings. The fourth-order valence-electron chi connectivity index (χ4n) is 4.94. The summed E-state index contributed by atoms with van der Waals surface area (Å²) >= 11 is 0. The average molecular weight is 491 g/mol. The van der Waals surface area contributed by atoms with Gasteiger partial charge in [0.1, 0.15) is 0 Å². The van der Waals surface area contributed by atoms with Crippen molar-refractivity contribution in [3.63, 3.8) is 0 Å². The molecular formula is C30H30N6O. The molecule has 3 aromatic carbocycles. The van der Waals surface area contributed by atoms with E-state index in [-0.39, 0.29) is 5.91 Å². The minimum Gasteiger partial charge on any atom is -0.351 e. The van der Waals surface area contributed by atoms with E-state index < -0.39 is 0 Å². The van der Waals surface area contributed by atoms with Crippen molar-refractivity contribution in [2.24, 2.45) is 0 Å². The smallest absolute Gasteiger partial charge is 0.252 e. The molecule has 1 amide bonds. The first-order chi connectivity index (χ1) is 18.2. The molecule has 0 aliphatic carbocycles. The predicted octanol–water partition coefficient (Wildman–Crippen LogP) is 4.22. The molecule has 3 heterocycles. The summed E-state index contributed by atoms with van der Waals surface area (Å²) in [6, 6.07) is 26.4. The Balaban J connectivity index is 1.36. The minimum absolute atomic E-state index is 0.101. The van der Waals surface area contributed by atoms with Crippen LogP contribution in [0.3, 0.4) is 0 Å². The Labute approximate surface area is 216 Å². The number of piperazine rings is 1. The van der Waals surface area contributed by atoms with Crippen LogP contribution in [-0.2, 0) is 0 Å². The molecule has 37 heavy (non-hydrogen) atoms. The Morgan fingerprint density at radius 2 is 1.65 bits per heavy atom. The van der Waals surface area contributed by atoms with Crippen LogP contribution in [0.25, 0.3) is 38.8 Å². The Morgan fingerprint density at radius 1 is 0.892 bits per heavy atom. The first-order valence-electron chi connectivity index (χ1n) is 12.8. The number of aromatic nitrogens is 3. The highest BCUT2D eigenvalue weighted by atomic mass is 16.1. The topological polar surface area (TPSA) is 66.3 Å². The van der Waals surface area contributed by atoms with Gasteiger partial charge in [-0.2, -0.15) is 5.10 Å². The Morgan fingerprint density at radius 3 is 2.46 bits per heavy atom. The number of nitrogens with zero attached hydrogens (tertiary/aromatic N) is 5. The van der Waals surface area contributed by atoms with E-state index in [1.807, 2.05) is 48.5 Å². The second-order valence-corrected chi connectivity index (χ2v) is 9.65. The molecule has 0 saturated carbocycles. The highest BCUT2D eigenvalue weighted by Crippen LogP contribution is 2.28. The standard InChI is InChI=1S/C30H30N6O/c1-34-15-17-35(18-16-34)14-13-31-30(37)26-20-28(24-12-11-22-7-5-6-8-23(22)19-24)33-29-27(26)21-32-36(29)25-9-3-2-4-10-25/h2-12,19-21H,13-18H2,1H3,(H,31,37). The van der Waals surface area contributed by atoms with Gasteiger partial charge in [-0.25, -0.2) is 9.67 Å². The minimum atomic E-state index is -0.101. The van der Waals surface area contributed by atoms with Gasteiger partial charge in [0.15, 0.2) is 5.65 Å². The summed E-state index contributed by atoms with van der Waals surface area (Å²) < 4.78 is 1.81. The number of rotatable bonds is 6. The zero-order chi connectivity index (χ0) is 25.2. The summed E-state index contributed by atoms with van der Waals surface area (Å²) in [6.45, 7) is 5.63. The monoisotopic (exact) mass is 490 g/mol. The van der Waals surface area contributed by atoms with Crippen molar-refractivity contribution in [1.29, 1.82) is 0 Å². The predicted molar refractivity (Wildman–Crippen MR) is 148 cm³/mol. The maximum absolute atomic E-state index is 13.5. The molecule has 1 aliphatic heterocycles. The molecule has 2 aromatic heterocycles. The Bertz CT molecular complexity index is 1550. The maximum Gasteiger partial charge on any atom is 0.252 e. The normalized spacial score (nSPS) is 14.8. The zero-order valence-electron chi connectivity index (χ0n) is 21.0. The SMILES string of the molecule is CN1CCN(CCNC(=O)c2cc(-c3ccc4ccccc4c3)nc3c2cnn3-c2ccccc2)CC1. The van der Waals surface area contributed by atoms with Gasteiger partial charge in [0.25, 0.3) is 5.91 Å². The number of pyridine rings is 1. The summed E-state index contributed by atoms with van der Waals surface area (Å²) in [5, 5.41) is 10.8. The van der Waals surface area contributed by atoms with E-state index in [9.17, 15) is 4.79 Å². The molecule has 0 radical (unpaired) electrons. The molecule has 6 rings (SSSR count). The van der Waals surface area contributed by atoms with Crippen molar-refractivity contribution in [2.45, 2.75) is 0 Å². The molecule has 7 heteroatoms. The number of carbonyl (C=O) groups excluding carboxylic acids is 1. The molecule has 1 saturated heterocycles. The molecular weight excluding hydrogens is 460 g/mol. The van der Waals surface area contributed by atoms with Crippen molar-refractivity contribution < 1.29 is 4.79 Å². The molecule has 5 aromatic rings. The average Bonchev–Trinajstić information content (AvgIpc) is 3.38. The number of hydrogen-bond donors (Lipinski definition) is 1. The molecule has 0 unspecified atom stereocenters. The molecule has 1 N–H and O–H groups in total. The first-order valence-corrected chi connectivity index (χ1v) is 12.8. The van der Waals surface area contributed by atoms with Gasteiger partial charge in [-0.15, -0.1) is 0 Å². The van der Waals surface area contributed by atoms with E-state index in [4.69, 9.17) is 4.98 Å². The second-order valence-electron chi connectivity index (χ2n) is 9.65. The van der Waals surface area contributed by atoms with Crippen LogP contribution in [0, 0.1) is 0 Å². The van der Waals surface area contributed by atoms with Crippen molar-refractivity contribution in [3.05, 3.63) is 90.6 Å². The van der Waals surface area contributed by atoms with Gasteiger partial charge in [-0.05, 0) is 42.1 Å². The molecule has 1 aliphatic rings. The van der Waals surface area contributed by atoms with Crippen LogP contribution in [0.1, 0.15) is 10.4 Å². The number of amides is 1. The largest absolute Gasteiger partial charge is 0.351 e. The van der Waals surface area contributed by atoms with E-state index in [1.165, 1.54) is 5.39 Å². The summed E-state index contributed by atoms with van der Waals surface area (Å²) in [4.78, 5) is 23.2. The molecule has 0 bridgehead atoms. The lowest BCUT2D eigenvalue weighted by atomic mass is 10.0. The van der Waals surface area contributed by atoms with Crippen LogP contribution in [-0.4, -0.2) is 76.8 Å². The third-order valence-electron chi connectivity index (χ3n) is 7.14. The highest BCUT2D eigenvalue weighted by Gasteiger charge is 2.19. The number of hydrogen-bond acceptors (Lipinski definition) is 5. The number of nitrogens with one attached hydrogen (secondary N) is 1. The number of benzene rings is 3. The Hall–Kier alpha value is -4.07. The molecule has 0 spiro atoms. The Kier molecular flexibility index (Phi) is 6.39. The molecule has 186 valence electrons. The number of carbonyl (C=O) groups is 1. The van der Waals surface area contributed by atoms with Crippen LogP contribution >= 0.6 is 0 Å². The van der Waals surface area contributed by atoms with E-state index in [0.29, 0.717) is 17.8 Å².